The van der Waals surface area contributed by atoms with Gasteiger partial charge in [-0.1, -0.05) is 19.1 Å². The van der Waals surface area contributed by atoms with Crippen LogP contribution in [0.25, 0.3) is 0 Å². The van der Waals surface area contributed by atoms with Gasteiger partial charge in [0.15, 0.2) is 5.96 Å². The molecule has 2 heterocycles. The van der Waals surface area contributed by atoms with Gasteiger partial charge < -0.3 is 24.6 Å². The molecule has 0 spiro atoms. The van der Waals surface area contributed by atoms with Gasteiger partial charge in [-0.3, -0.25) is 9.79 Å². The second kappa shape index (κ2) is 14.6. The van der Waals surface area contributed by atoms with Crippen LogP contribution in [0.1, 0.15) is 38.7 Å². The predicted molar refractivity (Wildman–Crippen MR) is 139 cm³/mol. The Hall–Kier alpha value is -1.55. The van der Waals surface area contributed by atoms with Crippen LogP contribution in [-0.2, 0) is 16.0 Å². The molecular formula is C24H39IN4O3. The third-order valence-corrected chi connectivity index (χ3v) is 5.83. The summed E-state index contributed by atoms with van der Waals surface area (Å²) in [4.78, 5) is 21.9. The smallest absolute Gasteiger partial charge is 0.225 e. The van der Waals surface area contributed by atoms with Gasteiger partial charge >= 0.3 is 0 Å². The van der Waals surface area contributed by atoms with Crippen LogP contribution in [0.4, 0.5) is 0 Å². The van der Waals surface area contributed by atoms with Crippen molar-refractivity contribution in [3.05, 3.63) is 29.8 Å². The van der Waals surface area contributed by atoms with E-state index in [2.05, 4.69) is 36.2 Å². The van der Waals surface area contributed by atoms with Gasteiger partial charge in [-0.05, 0) is 50.3 Å². The summed E-state index contributed by atoms with van der Waals surface area (Å²) in [5.74, 6) is 2.32. The van der Waals surface area contributed by atoms with E-state index in [1.165, 1.54) is 5.56 Å². The maximum atomic E-state index is 12.8. The molecule has 8 heteroatoms. The second-order valence-electron chi connectivity index (χ2n) is 8.18. The highest BCUT2D eigenvalue weighted by molar-refractivity contribution is 14.0. The fourth-order valence-electron chi connectivity index (χ4n) is 4.11. The normalized spacial score (nSPS) is 17.6. The molecule has 2 aliphatic rings. The number of halogens is 1. The van der Waals surface area contributed by atoms with Crippen molar-refractivity contribution in [2.45, 2.75) is 39.5 Å². The minimum Gasteiger partial charge on any atom is -0.494 e. The van der Waals surface area contributed by atoms with E-state index in [9.17, 15) is 4.79 Å². The number of benzene rings is 1. The van der Waals surface area contributed by atoms with Crippen molar-refractivity contribution in [3.63, 3.8) is 0 Å². The number of morpholine rings is 1. The van der Waals surface area contributed by atoms with Crippen molar-refractivity contribution >= 4 is 35.8 Å². The fraction of sp³-hybridized carbons (Fsp3) is 0.667. The van der Waals surface area contributed by atoms with Crippen molar-refractivity contribution in [2.75, 3.05) is 59.1 Å². The van der Waals surface area contributed by atoms with Crippen LogP contribution in [0.15, 0.2) is 29.3 Å². The first-order valence-corrected chi connectivity index (χ1v) is 11.8. The number of aliphatic imine (C=N–C) groups is 1. The molecule has 0 atom stereocenters. The number of guanidine groups is 1. The molecule has 0 saturated carbocycles. The average Bonchev–Trinajstić information content (AvgIpc) is 2.83. The van der Waals surface area contributed by atoms with Crippen molar-refractivity contribution in [1.82, 2.24) is 15.1 Å². The molecule has 1 aromatic rings. The Kier molecular flexibility index (Phi) is 12.2. The molecule has 1 aromatic carbocycles. The number of hydrogen-bond donors (Lipinski definition) is 1. The van der Waals surface area contributed by atoms with E-state index < -0.39 is 0 Å². The zero-order chi connectivity index (χ0) is 21.9. The van der Waals surface area contributed by atoms with E-state index in [-0.39, 0.29) is 29.9 Å². The third-order valence-electron chi connectivity index (χ3n) is 5.83. The molecule has 1 amide bonds. The number of rotatable bonds is 8. The molecule has 0 unspecified atom stereocenters. The summed E-state index contributed by atoms with van der Waals surface area (Å²) < 4.78 is 11.1. The molecule has 2 fully saturated rings. The van der Waals surface area contributed by atoms with E-state index in [1.807, 2.05) is 17.0 Å². The lowest BCUT2D eigenvalue weighted by atomic mass is 9.95. The largest absolute Gasteiger partial charge is 0.494 e. The molecule has 0 radical (unpaired) electrons. The third kappa shape index (κ3) is 8.10. The molecule has 0 aliphatic carbocycles. The van der Waals surface area contributed by atoms with Crippen LogP contribution in [0, 0.1) is 5.92 Å². The quantitative estimate of drug-likeness (QED) is 0.302. The number of nitrogens with one attached hydrogen (secondary N) is 1. The van der Waals surface area contributed by atoms with Gasteiger partial charge in [-0.2, -0.15) is 0 Å². The number of hydrogen-bond acceptors (Lipinski definition) is 4. The Labute approximate surface area is 209 Å². The van der Waals surface area contributed by atoms with Gasteiger partial charge in [-0.15, -0.1) is 24.0 Å². The van der Waals surface area contributed by atoms with Crippen LogP contribution in [0.2, 0.25) is 0 Å². The number of carbonyl (C=O) groups excluding carboxylic acids is 1. The molecule has 180 valence electrons. The van der Waals surface area contributed by atoms with Gasteiger partial charge in [0, 0.05) is 45.2 Å². The van der Waals surface area contributed by atoms with Crippen LogP contribution >= 0.6 is 24.0 Å². The molecule has 2 aliphatic heterocycles. The number of likely N-dealkylation sites (tertiary alicyclic amines) is 1. The van der Waals surface area contributed by atoms with Gasteiger partial charge in [0.05, 0.1) is 19.8 Å². The first-order valence-electron chi connectivity index (χ1n) is 11.8. The Balaban J connectivity index is 0.00000363. The van der Waals surface area contributed by atoms with Crippen LogP contribution in [-0.4, -0.2) is 80.8 Å². The van der Waals surface area contributed by atoms with E-state index >= 15 is 0 Å². The topological polar surface area (TPSA) is 66.4 Å². The van der Waals surface area contributed by atoms with Crippen molar-refractivity contribution < 1.29 is 14.3 Å². The van der Waals surface area contributed by atoms with Gasteiger partial charge in [0.1, 0.15) is 5.75 Å². The predicted octanol–water partition coefficient (Wildman–Crippen LogP) is 3.17. The first kappa shape index (κ1) is 26.7. The van der Waals surface area contributed by atoms with E-state index in [0.717, 1.165) is 83.3 Å². The molecular weight excluding hydrogens is 519 g/mol. The zero-order valence-electron chi connectivity index (χ0n) is 19.6. The minimum absolute atomic E-state index is 0. The van der Waals surface area contributed by atoms with Crippen molar-refractivity contribution in [1.29, 1.82) is 0 Å². The van der Waals surface area contributed by atoms with Gasteiger partial charge in [0.25, 0.3) is 0 Å². The van der Waals surface area contributed by atoms with Gasteiger partial charge in [-0.25, -0.2) is 0 Å². The van der Waals surface area contributed by atoms with Crippen molar-refractivity contribution in [3.8, 4) is 5.75 Å². The SMILES string of the molecule is CCCOc1cccc(CCN=C(NCC)N2CCC(C(=O)N3CCOCC3)CC2)c1.I. The summed E-state index contributed by atoms with van der Waals surface area (Å²) in [7, 11) is 0. The summed E-state index contributed by atoms with van der Waals surface area (Å²) in [5.41, 5.74) is 1.24. The van der Waals surface area contributed by atoms with E-state index in [4.69, 9.17) is 14.5 Å². The summed E-state index contributed by atoms with van der Waals surface area (Å²) in [6.45, 7) is 11.0. The molecule has 32 heavy (non-hydrogen) atoms. The number of piperidine rings is 1. The summed E-state index contributed by atoms with van der Waals surface area (Å²) >= 11 is 0. The maximum absolute atomic E-state index is 12.8. The average molecular weight is 559 g/mol. The van der Waals surface area contributed by atoms with E-state index in [1.54, 1.807) is 0 Å². The second-order valence-corrected chi connectivity index (χ2v) is 8.18. The first-order chi connectivity index (χ1) is 15.2. The number of nitrogens with zero attached hydrogens (tertiary/aromatic N) is 3. The molecule has 1 N–H and O–H groups in total. The number of amides is 1. The molecule has 3 rings (SSSR count). The van der Waals surface area contributed by atoms with E-state index in [0.29, 0.717) is 19.1 Å². The summed E-state index contributed by atoms with van der Waals surface area (Å²) in [5, 5.41) is 3.42. The highest BCUT2D eigenvalue weighted by Gasteiger charge is 2.30. The van der Waals surface area contributed by atoms with Crippen LogP contribution in [0.3, 0.4) is 0 Å². The molecule has 0 bridgehead atoms. The Morgan fingerprint density at radius 3 is 2.59 bits per heavy atom. The van der Waals surface area contributed by atoms with Crippen LogP contribution < -0.4 is 10.1 Å². The standard InChI is InChI=1S/C24H38N4O3.HI/c1-3-16-31-22-7-5-6-20(19-22)8-11-26-24(25-4-2)28-12-9-21(10-13-28)23(29)27-14-17-30-18-15-27;/h5-7,19,21H,3-4,8-18H2,1-2H3,(H,25,26);1H. The van der Waals surface area contributed by atoms with Gasteiger partial charge in [0.2, 0.25) is 5.91 Å². The highest BCUT2D eigenvalue weighted by atomic mass is 127. The lowest BCUT2D eigenvalue weighted by Gasteiger charge is -2.36. The minimum atomic E-state index is 0. The molecule has 7 nitrogen and oxygen atoms in total. The Bertz CT molecular complexity index is 717. The van der Waals surface area contributed by atoms with Crippen LogP contribution in [0.5, 0.6) is 5.75 Å². The summed E-state index contributed by atoms with van der Waals surface area (Å²) in [6, 6.07) is 8.30. The number of carbonyl (C=O) groups is 1. The Morgan fingerprint density at radius 1 is 1.16 bits per heavy atom. The Morgan fingerprint density at radius 2 is 1.91 bits per heavy atom. The zero-order valence-corrected chi connectivity index (χ0v) is 21.9. The number of ether oxygens (including phenoxy) is 2. The summed E-state index contributed by atoms with van der Waals surface area (Å²) in [6.07, 6.45) is 3.66. The lowest BCUT2D eigenvalue weighted by Crippen LogP contribution is -2.50. The molecule has 2 saturated heterocycles. The lowest BCUT2D eigenvalue weighted by molar-refractivity contribution is -0.140. The monoisotopic (exact) mass is 558 g/mol. The fourth-order valence-corrected chi connectivity index (χ4v) is 4.11. The molecule has 0 aromatic heterocycles. The maximum Gasteiger partial charge on any atom is 0.225 e. The van der Waals surface area contributed by atoms with Crippen molar-refractivity contribution in [2.24, 2.45) is 10.9 Å². The highest BCUT2D eigenvalue weighted by Crippen LogP contribution is 2.21.